The number of methoxy groups -OCH3 is 1. The molecule has 0 unspecified atom stereocenters. The number of aromatic amines is 4. The van der Waals surface area contributed by atoms with Gasteiger partial charge in [-0.15, -0.1) is 0 Å². The second kappa shape index (κ2) is 18.9. The highest BCUT2D eigenvalue weighted by Crippen LogP contribution is 2.30. The van der Waals surface area contributed by atoms with Crippen molar-refractivity contribution in [2.24, 2.45) is 21.1 Å². The Kier molecular flexibility index (Phi) is 11.5. The molecule has 8 aromatic carbocycles. The third kappa shape index (κ3) is 8.07. The first-order chi connectivity index (χ1) is 37.6. The van der Waals surface area contributed by atoms with E-state index in [-0.39, 0.29) is 12.5 Å². The molecule has 0 spiro atoms. The van der Waals surface area contributed by atoms with E-state index in [2.05, 4.69) is 188 Å². The van der Waals surface area contributed by atoms with Gasteiger partial charge < -0.3 is 29.8 Å². The van der Waals surface area contributed by atoms with Gasteiger partial charge in [-0.3, -0.25) is 0 Å². The van der Waals surface area contributed by atoms with E-state index in [0.717, 1.165) is 71.6 Å². The zero-order valence-electron chi connectivity index (χ0n) is 43.3. The van der Waals surface area contributed by atoms with E-state index >= 15 is 0 Å². The van der Waals surface area contributed by atoms with Crippen LogP contribution < -0.4 is 23.0 Å². The number of rotatable bonds is 2. The van der Waals surface area contributed by atoms with Crippen molar-refractivity contribution in [2.45, 2.75) is 13.7 Å². The summed E-state index contributed by atoms with van der Waals surface area (Å²) in [7, 11) is 7.96. The Labute approximate surface area is 441 Å². The molecule has 0 saturated carbocycles. The fourth-order valence-corrected chi connectivity index (χ4v) is 11.6. The normalized spacial score (nSPS) is 11.6. The van der Waals surface area contributed by atoms with Gasteiger partial charge in [0, 0.05) is 39.7 Å². The number of benzene rings is 8. The minimum absolute atomic E-state index is 0.0281. The molecule has 0 saturated heterocycles. The van der Waals surface area contributed by atoms with Crippen molar-refractivity contribution >= 4 is 131 Å². The zero-order valence-corrected chi connectivity index (χ0v) is 43.3. The highest BCUT2D eigenvalue weighted by molar-refractivity contribution is 6.08. The lowest BCUT2D eigenvalue weighted by Crippen LogP contribution is -2.35. The topological polar surface area (TPSA) is 108 Å². The first-order valence-corrected chi connectivity index (χ1v) is 25.7. The molecule has 374 valence electrons. The Hall–Kier alpha value is -9.71. The largest absolute Gasteiger partial charge is 0.497 e. The first kappa shape index (κ1) is 47.0. The van der Waals surface area contributed by atoms with Gasteiger partial charge in [0.1, 0.15) is 54.8 Å². The van der Waals surface area contributed by atoms with Crippen LogP contribution in [0, 0.1) is 12.7 Å². The number of hydrogen-bond acceptors (Lipinski definition) is 2. The summed E-state index contributed by atoms with van der Waals surface area (Å²) in [4.78, 5) is 13.8. The molecule has 8 aromatic heterocycles. The molecule has 0 atom stereocenters. The van der Waals surface area contributed by atoms with Crippen molar-refractivity contribution in [1.82, 2.24) is 19.9 Å². The van der Waals surface area contributed by atoms with Crippen molar-refractivity contribution in [3.63, 3.8) is 0 Å². The molecule has 16 rings (SSSR count). The second-order valence-corrected chi connectivity index (χ2v) is 19.8. The molecule has 16 aromatic rings. The smallest absolute Gasteiger partial charge is 0.251 e. The van der Waals surface area contributed by atoms with Gasteiger partial charge in [0.25, 0.3) is 6.73 Å². The first-order valence-electron chi connectivity index (χ1n) is 25.7. The molecule has 0 aliphatic carbocycles. The van der Waals surface area contributed by atoms with Crippen molar-refractivity contribution in [1.29, 1.82) is 0 Å². The number of nitrogens with one attached hydrogen (secondary N) is 4. The number of aliphatic hydroxyl groups excluding tert-OH is 1. The maximum absolute atomic E-state index is 13.5. The molecule has 0 aliphatic heterocycles. The van der Waals surface area contributed by atoms with Crippen LogP contribution in [-0.4, -0.2) is 32.2 Å². The third-order valence-corrected chi connectivity index (χ3v) is 15.2. The van der Waals surface area contributed by atoms with Crippen LogP contribution in [0.3, 0.4) is 0 Å². The van der Waals surface area contributed by atoms with Crippen LogP contribution >= 0.6 is 0 Å². The monoisotopic (exact) mass is 1010 g/mol. The molecular formula is C66H55FN8O2+4. The summed E-state index contributed by atoms with van der Waals surface area (Å²) in [6.45, 7) is 2.11. The predicted molar refractivity (Wildman–Crippen MR) is 310 cm³/mol. The number of aromatic nitrogens is 8. The summed E-state index contributed by atoms with van der Waals surface area (Å²) < 4.78 is 27.4. The number of pyridine rings is 4. The molecule has 0 amide bonds. The molecule has 10 nitrogen and oxygen atoms in total. The third-order valence-electron chi connectivity index (χ3n) is 15.2. The van der Waals surface area contributed by atoms with E-state index in [1.807, 2.05) is 60.1 Å². The van der Waals surface area contributed by atoms with Gasteiger partial charge in [-0.1, -0.05) is 72.3 Å². The average Bonchev–Trinajstić information content (AvgIpc) is 4.29. The lowest BCUT2D eigenvalue weighted by Gasteiger charge is -2.02. The molecule has 8 heterocycles. The van der Waals surface area contributed by atoms with Gasteiger partial charge in [-0.25, -0.2) is 4.39 Å². The van der Waals surface area contributed by atoms with Crippen LogP contribution in [0.5, 0.6) is 5.75 Å². The van der Waals surface area contributed by atoms with Crippen molar-refractivity contribution in [3.05, 3.63) is 212 Å². The van der Waals surface area contributed by atoms with E-state index in [0.29, 0.717) is 0 Å². The molecule has 5 N–H and O–H groups in total. The van der Waals surface area contributed by atoms with E-state index in [1.165, 1.54) is 77.2 Å². The lowest BCUT2D eigenvalue weighted by atomic mass is 10.1. The van der Waals surface area contributed by atoms with Crippen LogP contribution in [0.2, 0.25) is 0 Å². The number of aliphatic hydroxyl groups is 1. The maximum atomic E-state index is 13.5. The standard InChI is InChI=1S/C17H14N2O.C17H14N2.C16H11FN2.C16H12N2O/c1-19-16-10-12(20-2)8-7-11(16)9-15-17(19)13-5-3-4-6-14(13)18-15;1-11-7-8-16-12(9-11)10-15-17(19(16)2)13-5-3-4-6-14(13)18-15;1-19-15-5-3-2-4-10(15)8-14-16(19)12-9-11(17)6-7-13(12)18-14;19-10-18-15-8-4-1-5-11(15)9-14-16(18)12-6-2-3-7-13(12)17-14/h3-10H,1-2H3;3-10H,1-2H3;2-9H,1H3;1-9,19H,10H2/p+4. The van der Waals surface area contributed by atoms with Crippen LogP contribution in [0.25, 0.3) is 131 Å². The summed E-state index contributed by atoms with van der Waals surface area (Å²) >= 11 is 0. The zero-order chi connectivity index (χ0) is 52.5. The number of fused-ring (bicyclic) bond motifs is 16. The number of ether oxygens (including phenoxy) is 1. The Morgan fingerprint density at radius 3 is 1.42 bits per heavy atom. The van der Waals surface area contributed by atoms with Crippen molar-refractivity contribution in [2.75, 3.05) is 7.11 Å². The molecular weight excluding hydrogens is 956 g/mol. The summed E-state index contributed by atoms with van der Waals surface area (Å²) in [6, 6.07) is 67.7. The lowest BCUT2D eigenvalue weighted by molar-refractivity contribution is -0.681. The van der Waals surface area contributed by atoms with E-state index in [4.69, 9.17) is 4.74 Å². The van der Waals surface area contributed by atoms with Gasteiger partial charge in [-0.2, -0.15) is 18.3 Å². The Morgan fingerprint density at radius 1 is 0.390 bits per heavy atom. The van der Waals surface area contributed by atoms with Crippen molar-refractivity contribution < 1.29 is 32.5 Å². The fraction of sp³-hybridized carbons (Fsp3) is 0.0909. The summed E-state index contributed by atoms with van der Waals surface area (Å²) in [5.74, 6) is 0.675. The molecule has 0 aliphatic rings. The fourth-order valence-electron chi connectivity index (χ4n) is 11.6. The van der Waals surface area contributed by atoms with Crippen LogP contribution in [-0.2, 0) is 27.9 Å². The van der Waals surface area contributed by atoms with Gasteiger partial charge in [0.15, 0.2) is 0 Å². The van der Waals surface area contributed by atoms with Crippen LogP contribution in [0.1, 0.15) is 5.56 Å². The van der Waals surface area contributed by atoms with Gasteiger partial charge in [0.05, 0.1) is 56.8 Å². The second-order valence-electron chi connectivity index (χ2n) is 19.8. The highest BCUT2D eigenvalue weighted by atomic mass is 19.1. The summed E-state index contributed by atoms with van der Waals surface area (Å²) in [5.41, 5.74) is 19.3. The SMILES string of the molecule is COc1ccc2cc3[nH]c4ccccc4c3[n+](C)c2c1.C[n+]1c2ccccc2cc2[nH]c3ccc(F)cc3c21.Cc1ccc2c(c1)cc1[nH]c3ccccc3c1[n+]2C.OC[n+]1c2ccccc2cc2[nH]c3ccccc3c21. The van der Waals surface area contributed by atoms with E-state index in [1.54, 1.807) is 19.2 Å². The van der Waals surface area contributed by atoms with Crippen LogP contribution in [0.4, 0.5) is 4.39 Å². The van der Waals surface area contributed by atoms with Crippen molar-refractivity contribution in [3.8, 4) is 5.75 Å². The molecule has 11 heteroatoms. The number of nitrogens with zero attached hydrogens (tertiary/aromatic N) is 4. The minimum Gasteiger partial charge on any atom is -0.497 e. The Balaban J connectivity index is 0.0000000980. The summed E-state index contributed by atoms with van der Waals surface area (Å²) in [5, 5.41) is 19.1. The van der Waals surface area contributed by atoms with E-state index < -0.39 is 0 Å². The Morgan fingerprint density at radius 2 is 0.831 bits per heavy atom. The molecule has 0 bridgehead atoms. The Bertz CT molecular complexity index is 4990. The average molecular weight is 1010 g/mol. The highest BCUT2D eigenvalue weighted by Gasteiger charge is 2.22. The van der Waals surface area contributed by atoms with Gasteiger partial charge >= 0.3 is 0 Å². The minimum atomic E-state index is -0.207. The maximum Gasteiger partial charge on any atom is 0.251 e. The van der Waals surface area contributed by atoms with Gasteiger partial charge in [0.2, 0.25) is 44.1 Å². The molecule has 77 heavy (non-hydrogen) atoms. The van der Waals surface area contributed by atoms with E-state index in [9.17, 15) is 9.50 Å². The summed E-state index contributed by atoms with van der Waals surface area (Å²) in [6.07, 6.45) is 0. The number of hydrogen-bond donors (Lipinski definition) is 5. The quantitative estimate of drug-likeness (QED) is 0.111. The number of para-hydroxylation sites is 5. The van der Waals surface area contributed by atoms with Gasteiger partial charge in [-0.05, 0) is 116 Å². The molecule has 0 radical (unpaired) electrons. The van der Waals surface area contributed by atoms with Crippen LogP contribution in [0.15, 0.2) is 200 Å². The number of aryl methyl sites for hydroxylation is 4. The number of halogens is 1. The predicted octanol–water partition coefficient (Wildman–Crippen LogP) is 13.1. The number of H-pyrrole nitrogens is 4. The molecule has 0 fully saturated rings.